The highest BCUT2D eigenvalue weighted by molar-refractivity contribution is 5.51. The van der Waals surface area contributed by atoms with Crippen LogP contribution in [-0.2, 0) is 19.6 Å². The van der Waals surface area contributed by atoms with Crippen LogP contribution in [0.3, 0.4) is 0 Å². The Labute approximate surface area is 167 Å². The Balaban J connectivity index is 1.39. The lowest BCUT2D eigenvalue weighted by Crippen LogP contribution is -2.24. The highest BCUT2D eigenvalue weighted by Crippen LogP contribution is 2.19. The van der Waals surface area contributed by atoms with Gasteiger partial charge in [0.25, 0.3) is 5.56 Å². The van der Waals surface area contributed by atoms with E-state index in [2.05, 4.69) is 14.7 Å². The van der Waals surface area contributed by atoms with Gasteiger partial charge in [-0.05, 0) is 25.1 Å². The van der Waals surface area contributed by atoms with E-state index in [1.807, 2.05) is 37.4 Å². The number of imidazole rings is 1. The molecule has 0 atom stereocenters. The summed E-state index contributed by atoms with van der Waals surface area (Å²) < 4.78 is 9.44. The molecule has 1 aliphatic rings. The second-order valence-corrected chi connectivity index (χ2v) is 7.21. The number of pyridine rings is 3. The zero-order valence-electron chi connectivity index (χ0n) is 16.1. The molecule has 0 saturated carbocycles. The molecule has 0 bridgehead atoms. The molecule has 7 heteroatoms. The summed E-state index contributed by atoms with van der Waals surface area (Å²) in [5, 5.41) is 3.37. The van der Waals surface area contributed by atoms with Crippen LogP contribution in [-0.4, -0.2) is 25.5 Å². The Morgan fingerprint density at radius 2 is 2.10 bits per heavy atom. The van der Waals surface area contributed by atoms with Crippen molar-refractivity contribution in [1.29, 1.82) is 0 Å². The van der Waals surface area contributed by atoms with Gasteiger partial charge in [0.15, 0.2) is 0 Å². The van der Waals surface area contributed by atoms with Crippen molar-refractivity contribution in [3.05, 3.63) is 88.0 Å². The summed E-state index contributed by atoms with van der Waals surface area (Å²) in [5.74, 6) is 0.537. The number of aryl methyl sites for hydroxylation is 1. The number of aromatic nitrogens is 4. The first-order valence-electron chi connectivity index (χ1n) is 9.65. The van der Waals surface area contributed by atoms with Gasteiger partial charge < -0.3 is 14.5 Å². The van der Waals surface area contributed by atoms with Crippen molar-refractivity contribution in [2.75, 3.05) is 6.54 Å². The Bertz CT molecular complexity index is 1240. The van der Waals surface area contributed by atoms with Gasteiger partial charge >= 0.3 is 0 Å². The van der Waals surface area contributed by atoms with Crippen LogP contribution < -0.4 is 15.6 Å². The molecule has 1 aliphatic heterocycles. The van der Waals surface area contributed by atoms with Crippen molar-refractivity contribution in [1.82, 2.24) is 24.3 Å². The number of ether oxygens (including phenoxy) is 1. The minimum atomic E-state index is -0.146. The first-order chi connectivity index (χ1) is 14.2. The summed E-state index contributed by atoms with van der Waals surface area (Å²) in [4.78, 5) is 21.6. The average molecular weight is 387 g/mol. The maximum absolute atomic E-state index is 12.7. The summed E-state index contributed by atoms with van der Waals surface area (Å²) in [6.07, 6.45) is 6.42. The number of rotatable bonds is 4. The smallest absolute Gasteiger partial charge is 0.258 e. The number of fused-ring (bicyclic) bond motifs is 3. The summed E-state index contributed by atoms with van der Waals surface area (Å²) in [7, 11) is 0. The Morgan fingerprint density at radius 3 is 2.93 bits per heavy atom. The fourth-order valence-corrected chi connectivity index (χ4v) is 3.60. The molecular formula is C22H21N5O2. The van der Waals surface area contributed by atoms with E-state index in [9.17, 15) is 4.79 Å². The van der Waals surface area contributed by atoms with Crippen LogP contribution in [0.4, 0.5) is 0 Å². The van der Waals surface area contributed by atoms with Gasteiger partial charge in [0.2, 0.25) is 0 Å². The van der Waals surface area contributed by atoms with Gasteiger partial charge in [0.05, 0.1) is 17.1 Å². The first kappa shape index (κ1) is 17.6. The number of nitrogens with zero attached hydrogens (tertiary/aromatic N) is 4. The van der Waals surface area contributed by atoms with E-state index in [1.165, 1.54) is 11.8 Å². The van der Waals surface area contributed by atoms with Crippen LogP contribution in [0.1, 0.15) is 22.6 Å². The molecule has 146 valence electrons. The van der Waals surface area contributed by atoms with Crippen molar-refractivity contribution in [3.63, 3.8) is 0 Å². The fraction of sp³-hybridized carbons (Fsp3) is 0.227. The third-order valence-electron chi connectivity index (χ3n) is 5.17. The molecule has 7 nitrogen and oxygen atoms in total. The van der Waals surface area contributed by atoms with Crippen LogP contribution in [0.5, 0.6) is 5.75 Å². The van der Waals surface area contributed by atoms with Crippen molar-refractivity contribution in [2.45, 2.75) is 26.5 Å². The van der Waals surface area contributed by atoms with Crippen LogP contribution in [0.25, 0.3) is 11.3 Å². The van der Waals surface area contributed by atoms with Crippen LogP contribution >= 0.6 is 0 Å². The van der Waals surface area contributed by atoms with Gasteiger partial charge in [-0.1, -0.05) is 6.07 Å². The summed E-state index contributed by atoms with van der Waals surface area (Å²) in [6.45, 7) is 4.08. The Morgan fingerprint density at radius 1 is 1.17 bits per heavy atom. The number of nitrogens with one attached hydrogen (secondary N) is 1. The molecular weight excluding hydrogens is 366 g/mol. The largest absolute Gasteiger partial charge is 0.489 e. The molecule has 4 aromatic rings. The molecule has 0 fully saturated rings. The molecule has 0 amide bonds. The molecule has 0 saturated heterocycles. The van der Waals surface area contributed by atoms with Gasteiger partial charge in [-0.3, -0.25) is 14.3 Å². The molecule has 0 radical (unpaired) electrons. The Hall–Kier alpha value is -3.45. The minimum Gasteiger partial charge on any atom is -0.489 e. The minimum absolute atomic E-state index is 0.146. The first-order valence-corrected chi connectivity index (χ1v) is 9.65. The molecule has 1 N–H and O–H groups in total. The second-order valence-electron chi connectivity index (χ2n) is 7.21. The Kier molecular flexibility index (Phi) is 4.37. The molecule has 0 spiro atoms. The standard InChI is InChI=1S/C22H21N5O2/c1-15-2-3-16(12-24-15)14-29-18-6-9-26(22(28)11-18)17-5-8-27-20-13-23-7-4-19(20)25-21(27)10-17/h2-3,5-6,8-12,23H,4,7,13-14H2,1H3. The molecule has 0 unspecified atom stereocenters. The molecule has 0 aromatic carbocycles. The van der Waals surface area contributed by atoms with E-state index in [1.54, 1.807) is 23.0 Å². The highest BCUT2D eigenvalue weighted by atomic mass is 16.5. The van der Waals surface area contributed by atoms with E-state index in [-0.39, 0.29) is 5.56 Å². The second kappa shape index (κ2) is 7.18. The van der Waals surface area contributed by atoms with Gasteiger partial charge in [-0.25, -0.2) is 4.98 Å². The topological polar surface area (TPSA) is 73.5 Å². The summed E-state index contributed by atoms with van der Waals surface area (Å²) in [5.41, 5.74) is 5.74. The third kappa shape index (κ3) is 3.40. The monoisotopic (exact) mass is 387 g/mol. The maximum atomic E-state index is 12.7. The van der Waals surface area contributed by atoms with Crippen LogP contribution in [0, 0.1) is 6.92 Å². The normalized spacial score (nSPS) is 13.4. The molecule has 5 heterocycles. The van der Waals surface area contributed by atoms with Gasteiger partial charge in [0.1, 0.15) is 18.0 Å². The van der Waals surface area contributed by atoms with Crippen molar-refractivity contribution in [3.8, 4) is 11.4 Å². The number of hydrogen-bond donors (Lipinski definition) is 1. The quantitative estimate of drug-likeness (QED) is 0.582. The molecule has 4 aromatic heterocycles. The zero-order chi connectivity index (χ0) is 19.8. The van der Waals surface area contributed by atoms with E-state index < -0.39 is 0 Å². The maximum Gasteiger partial charge on any atom is 0.258 e. The van der Waals surface area contributed by atoms with Crippen molar-refractivity contribution >= 4 is 5.65 Å². The van der Waals surface area contributed by atoms with Crippen molar-refractivity contribution in [2.24, 2.45) is 0 Å². The number of hydrogen-bond acceptors (Lipinski definition) is 5. The average Bonchev–Trinajstić information content (AvgIpc) is 3.11. The predicted octanol–water partition coefficient (Wildman–Crippen LogP) is 2.41. The predicted molar refractivity (Wildman–Crippen MR) is 110 cm³/mol. The lowest BCUT2D eigenvalue weighted by atomic mass is 10.2. The lowest BCUT2D eigenvalue weighted by molar-refractivity contribution is 0.304. The zero-order valence-corrected chi connectivity index (χ0v) is 16.1. The molecule has 5 rings (SSSR count). The molecule has 0 aliphatic carbocycles. The third-order valence-corrected chi connectivity index (χ3v) is 5.17. The van der Waals surface area contributed by atoms with E-state index in [0.29, 0.717) is 12.4 Å². The lowest BCUT2D eigenvalue weighted by Gasteiger charge is -2.12. The highest BCUT2D eigenvalue weighted by Gasteiger charge is 2.16. The SMILES string of the molecule is Cc1ccc(COc2ccn(-c3ccn4c5c(nc4c3)CCNC5)c(=O)c2)cn1. The van der Waals surface area contributed by atoms with Gasteiger partial charge in [0, 0.05) is 61.5 Å². The van der Waals surface area contributed by atoms with E-state index in [4.69, 9.17) is 9.72 Å². The van der Waals surface area contributed by atoms with E-state index in [0.717, 1.165) is 47.8 Å². The van der Waals surface area contributed by atoms with Gasteiger partial charge in [-0.15, -0.1) is 0 Å². The fourth-order valence-electron chi connectivity index (χ4n) is 3.60. The molecule has 29 heavy (non-hydrogen) atoms. The van der Waals surface area contributed by atoms with E-state index >= 15 is 0 Å². The van der Waals surface area contributed by atoms with Crippen LogP contribution in [0.2, 0.25) is 0 Å². The summed E-state index contributed by atoms with van der Waals surface area (Å²) in [6, 6.07) is 11.1. The van der Waals surface area contributed by atoms with Crippen LogP contribution in [0.15, 0.2) is 59.8 Å². The van der Waals surface area contributed by atoms with Gasteiger partial charge in [-0.2, -0.15) is 0 Å². The summed E-state index contributed by atoms with van der Waals surface area (Å²) >= 11 is 0. The van der Waals surface area contributed by atoms with Crippen molar-refractivity contribution < 1.29 is 4.74 Å².